The first-order chi connectivity index (χ1) is 12.4. The van der Waals surface area contributed by atoms with E-state index < -0.39 is 17.3 Å². The zero-order valence-corrected chi connectivity index (χ0v) is 15.3. The Kier molecular flexibility index (Phi) is 4.41. The van der Waals surface area contributed by atoms with Gasteiger partial charge in [-0.2, -0.15) is 15.8 Å². The molecule has 2 N–H and O–H groups in total. The lowest BCUT2D eigenvalue weighted by Crippen LogP contribution is -3.10. The van der Waals surface area contributed by atoms with E-state index in [0.717, 1.165) is 35.4 Å². The second-order valence-electron chi connectivity index (χ2n) is 7.52. The normalized spacial score (nSPS) is 29.5. The van der Waals surface area contributed by atoms with Crippen molar-refractivity contribution in [2.75, 3.05) is 20.1 Å². The van der Waals surface area contributed by atoms with Gasteiger partial charge < -0.3 is 10.3 Å². The van der Waals surface area contributed by atoms with Crippen molar-refractivity contribution in [3.8, 4) is 18.2 Å². The number of rotatable bonds is 1. The first kappa shape index (κ1) is 17.9. The van der Waals surface area contributed by atoms with Gasteiger partial charge in [0.2, 0.25) is 0 Å². The summed E-state index contributed by atoms with van der Waals surface area (Å²) in [4.78, 5) is 1.28. The van der Waals surface area contributed by atoms with E-state index in [2.05, 4.69) is 31.3 Å². The summed E-state index contributed by atoms with van der Waals surface area (Å²) in [5.74, 6) is -1.31. The molecule has 1 heterocycles. The highest BCUT2D eigenvalue weighted by Crippen LogP contribution is 2.52. The third-order valence-corrected chi connectivity index (χ3v) is 5.84. The Morgan fingerprint density at radius 3 is 2.46 bits per heavy atom. The van der Waals surface area contributed by atoms with Gasteiger partial charge in [0.15, 0.2) is 5.41 Å². The summed E-state index contributed by atoms with van der Waals surface area (Å²) in [6.45, 7) is 5.55. The third-order valence-electron chi connectivity index (χ3n) is 5.84. The molecule has 4 atom stereocenters. The minimum absolute atomic E-state index is 0.0722. The number of hydrogen-bond acceptors (Lipinski definition) is 4. The molecule has 0 aromatic heterocycles. The molecule has 1 fully saturated rings. The first-order valence-corrected chi connectivity index (χ1v) is 8.79. The largest absolute Gasteiger partial charge is 0.334 e. The number of nitriles is 3. The highest BCUT2D eigenvalue weighted by atomic mass is 15.1. The predicted molar refractivity (Wildman–Crippen MR) is 97.3 cm³/mol. The molecule has 0 spiro atoms. The molecule has 1 saturated carbocycles. The SMILES string of the molecule is Cc1ccc([C@H]2[C@H]3C[NH+](C)CC=C3[C@@H](C#N)C(=N)C2(C#N)C#N)c(C)c1. The van der Waals surface area contributed by atoms with Crippen LogP contribution < -0.4 is 4.90 Å². The molecular weight excluding hydrogens is 322 g/mol. The maximum atomic E-state index is 10.0. The number of nitrogens with one attached hydrogen (secondary N) is 2. The average molecular weight is 344 g/mol. The van der Waals surface area contributed by atoms with Crippen molar-refractivity contribution in [2.24, 2.45) is 17.3 Å². The lowest BCUT2D eigenvalue weighted by Gasteiger charge is -2.46. The minimum atomic E-state index is -1.61. The minimum Gasteiger partial charge on any atom is -0.334 e. The zero-order valence-electron chi connectivity index (χ0n) is 15.3. The molecule has 1 aromatic carbocycles. The van der Waals surface area contributed by atoms with E-state index in [-0.39, 0.29) is 11.6 Å². The van der Waals surface area contributed by atoms with Crippen LogP contribution in [0.2, 0.25) is 0 Å². The van der Waals surface area contributed by atoms with Gasteiger partial charge in [-0.3, -0.25) is 0 Å². The van der Waals surface area contributed by atoms with Crippen LogP contribution in [0.4, 0.5) is 0 Å². The molecule has 0 radical (unpaired) electrons. The lowest BCUT2D eigenvalue weighted by molar-refractivity contribution is -0.878. The van der Waals surface area contributed by atoms with Crippen LogP contribution in [0.3, 0.4) is 0 Å². The highest BCUT2D eigenvalue weighted by Gasteiger charge is 2.58. The maximum absolute atomic E-state index is 10.0. The monoisotopic (exact) mass is 344 g/mol. The fourth-order valence-corrected chi connectivity index (χ4v) is 4.57. The Morgan fingerprint density at radius 1 is 1.19 bits per heavy atom. The summed E-state index contributed by atoms with van der Waals surface area (Å²) in [5, 5.41) is 38.3. The Labute approximate surface area is 154 Å². The summed E-state index contributed by atoms with van der Waals surface area (Å²) in [5.41, 5.74) is 2.31. The van der Waals surface area contributed by atoms with Crippen LogP contribution in [0.25, 0.3) is 0 Å². The Balaban J connectivity index is 2.30. The predicted octanol–water partition coefficient (Wildman–Crippen LogP) is 1.66. The Bertz CT molecular complexity index is 907. The molecule has 5 heteroatoms. The van der Waals surface area contributed by atoms with Gasteiger partial charge in [-0.15, -0.1) is 0 Å². The number of quaternary nitrogens is 1. The molecule has 0 bridgehead atoms. The van der Waals surface area contributed by atoms with Gasteiger partial charge in [-0.1, -0.05) is 23.8 Å². The van der Waals surface area contributed by atoms with E-state index >= 15 is 0 Å². The molecule has 0 saturated heterocycles. The number of aryl methyl sites for hydroxylation is 2. The molecular formula is C21H22N5+. The van der Waals surface area contributed by atoms with E-state index in [1.165, 1.54) is 4.90 Å². The van der Waals surface area contributed by atoms with Crippen LogP contribution in [-0.4, -0.2) is 25.8 Å². The van der Waals surface area contributed by atoms with Crippen molar-refractivity contribution in [3.05, 3.63) is 46.5 Å². The van der Waals surface area contributed by atoms with Gasteiger partial charge >= 0.3 is 0 Å². The summed E-state index contributed by atoms with van der Waals surface area (Å²) in [6.07, 6.45) is 2.04. The second kappa shape index (κ2) is 6.41. The van der Waals surface area contributed by atoms with Gasteiger partial charge in [0, 0.05) is 11.8 Å². The number of likely N-dealkylation sites (N-methyl/N-ethyl adjacent to an activating group) is 1. The highest BCUT2D eigenvalue weighted by molar-refractivity contribution is 6.00. The number of fused-ring (bicyclic) bond motifs is 1. The van der Waals surface area contributed by atoms with Crippen molar-refractivity contribution in [2.45, 2.75) is 19.8 Å². The molecule has 1 aliphatic carbocycles. The van der Waals surface area contributed by atoms with Crippen molar-refractivity contribution in [3.63, 3.8) is 0 Å². The smallest absolute Gasteiger partial charge is 0.189 e. The first-order valence-electron chi connectivity index (χ1n) is 8.79. The van der Waals surface area contributed by atoms with Crippen molar-refractivity contribution in [1.29, 1.82) is 21.2 Å². The lowest BCUT2D eigenvalue weighted by atomic mass is 9.54. The van der Waals surface area contributed by atoms with Crippen LogP contribution in [0.1, 0.15) is 22.6 Å². The van der Waals surface area contributed by atoms with Gasteiger partial charge in [-0.25, -0.2) is 0 Å². The van der Waals surface area contributed by atoms with Crippen LogP contribution in [0.15, 0.2) is 29.8 Å². The second-order valence-corrected chi connectivity index (χ2v) is 7.52. The number of hydrogen-bond donors (Lipinski definition) is 2. The van der Waals surface area contributed by atoms with Crippen LogP contribution in [0, 0.1) is 70.5 Å². The average Bonchev–Trinajstić information content (AvgIpc) is 2.62. The van der Waals surface area contributed by atoms with E-state index in [9.17, 15) is 15.8 Å². The van der Waals surface area contributed by atoms with Gasteiger partial charge in [-0.05, 0) is 36.6 Å². The van der Waals surface area contributed by atoms with E-state index in [0.29, 0.717) is 0 Å². The third kappa shape index (κ3) is 2.43. The molecule has 2 aliphatic rings. The van der Waals surface area contributed by atoms with Crippen molar-refractivity contribution >= 4 is 5.71 Å². The van der Waals surface area contributed by atoms with E-state index in [1.54, 1.807) is 0 Å². The van der Waals surface area contributed by atoms with Crippen LogP contribution >= 0.6 is 0 Å². The van der Waals surface area contributed by atoms with E-state index in [1.807, 2.05) is 32.1 Å². The van der Waals surface area contributed by atoms with Crippen molar-refractivity contribution in [1.82, 2.24) is 0 Å². The molecule has 5 nitrogen and oxygen atoms in total. The Hall–Kier alpha value is -2.94. The summed E-state index contributed by atoms with van der Waals surface area (Å²) in [7, 11) is 2.08. The van der Waals surface area contributed by atoms with Gasteiger partial charge in [0.25, 0.3) is 0 Å². The van der Waals surface area contributed by atoms with Gasteiger partial charge in [0.05, 0.1) is 44.1 Å². The number of benzene rings is 1. The molecule has 1 aromatic rings. The molecule has 26 heavy (non-hydrogen) atoms. The fourth-order valence-electron chi connectivity index (χ4n) is 4.57. The maximum Gasteiger partial charge on any atom is 0.189 e. The molecule has 130 valence electrons. The van der Waals surface area contributed by atoms with Crippen molar-refractivity contribution < 1.29 is 4.90 Å². The topological polar surface area (TPSA) is 99.7 Å². The van der Waals surface area contributed by atoms with Crippen LogP contribution in [-0.2, 0) is 0 Å². The quantitative estimate of drug-likeness (QED) is 0.758. The molecule has 1 unspecified atom stereocenters. The van der Waals surface area contributed by atoms with E-state index in [4.69, 9.17) is 5.41 Å². The summed E-state index contributed by atoms with van der Waals surface area (Å²) >= 11 is 0. The standard InChI is InChI=1S/C21H21N5/c1-13-4-5-15(14(2)8-13)19-18-10-26(3)7-6-16(18)17(9-22)20(25)21(19,11-23)12-24/h4-6,8,17-19,25H,7,10H2,1-3H3/p+1/t17-,18+,19+/m1/s1. The zero-order chi connectivity index (χ0) is 19.1. The summed E-state index contributed by atoms with van der Waals surface area (Å²) in [6, 6.07) is 12.5. The summed E-state index contributed by atoms with van der Waals surface area (Å²) < 4.78 is 0. The molecule has 1 aliphatic heterocycles. The van der Waals surface area contributed by atoms with Gasteiger partial charge in [0.1, 0.15) is 5.92 Å². The molecule has 0 amide bonds. The Morgan fingerprint density at radius 2 is 1.88 bits per heavy atom. The van der Waals surface area contributed by atoms with Crippen LogP contribution in [0.5, 0.6) is 0 Å². The number of nitrogens with zero attached hydrogens (tertiary/aromatic N) is 3. The molecule has 3 rings (SSSR count). The fraction of sp³-hybridized carbons (Fsp3) is 0.429.